The van der Waals surface area contributed by atoms with Crippen LogP contribution in [0.1, 0.15) is 21.6 Å². The molecule has 0 unspecified atom stereocenters. The molecule has 0 bridgehead atoms. The Morgan fingerprint density at radius 3 is 2.70 bits per heavy atom. The number of esters is 1. The smallest absolute Gasteiger partial charge is 0.363 e. The number of thiophene rings is 1. The number of hydrogen-bond acceptors (Lipinski definition) is 6. The van der Waals surface area contributed by atoms with Crippen molar-refractivity contribution in [2.45, 2.75) is 13.5 Å². The van der Waals surface area contributed by atoms with Crippen LogP contribution in [-0.2, 0) is 16.1 Å². The van der Waals surface area contributed by atoms with Crippen LogP contribution in [-0.4, -0.2) is 19.0 Å². The molecule has 0 radical (unpaired) electrons. The maximum atomic E-state index is 12.2. The standard InChI is InChI=1S/C23H18BrNO4S/c1-14-5-7-15(8-6-14)13-28-21-17(24)10-16(12-19(21)27-2)11-18-23(26)29-22(25-18)20-4-3-9-30-20/h3-12H,13H2,1-2H3. The van der Waals surface area contributed by atoms with Crippen molar-refractivity contribution in [2.75, 3.05) is 7.11 Å². The van der Waals surface area contributed by atoms with Crippen molar-refractivity contribution in [3.05, 3.63) is 85.6 Å². The fourth-order valence-corrected chi connectivity index (χ4v) is 4.10. The third kappa shape index (κ3) is 4.47. The SMILES string of the molecule is COc1cc(C=C2N=C(c3cccs3)OC2=O)cc(Br)c1OCc1ccc(C)cc1. The van der Waals surface area contributed by atoms with Crippen molar-refractivity contribution in [2.24, 2.45) is 4.99 Å². The van der Waals surface area contributed by atoms with E-state index in [1.165, 1.54) is 16.9 Å². The molecule has 2 aromatic carbocycles. The van der Waals surface area contributed by atoms with Crippen LogP contribution < -0.4 is 9.47 Å². The minimum Gasteiger partial charge on any atom is -0.493 e. The van der Waals surface area contributed by atoms with E-state index in [1.807, 2.05) is 54.8 Å². The van der Waals surface area contributed by atoms with Crippen LogP contribution in [0.25, 0.3) is 6.08 Å². The lowest BCUT2D eigenvalue weighted by molar-refractivity contribution is -0.129. The number of halogens is 1. The number of aryl methyl sites for hydroxylation is 1. The monoisotopic (exact) mass is 483 g/mol. The second kappa shape index (κ2) is 8.85. The molecule has 1 aliphatic heterocycles. The number of carbonyl (C=O) groups excluding carboxylic acids is 1. The Kier molecular flexibility index (Phi) is 6.01. The van der Waals surface area contributed by atoms with Crippen LogP contribution in [0.3, 0.4) is 0 Å². The largest absolute Gasteiger partial charge is 0.493 e. The number of cyclic esters (lactones) is 1. The zero-order chi connectivity index (χ0) is 21.1. The lowest BCUT2D eigenvalue weighted by Gasteiger charge is -2.14. The molecule has 7 heteroatoms. The molecular weight excluding hydrogens is 466 g/mol. The number of aliphatic imine (C=N–C) groups is 1. The van der Waals surface area contributed by atoms with Gasteiger partial charge in [0.15, 0.2) is 17.2 Å². The van der Waals surface area contributed by atoms with Crippen LogP contribution in [0.15, 0.2) is 69.1 Å². The summed E-state index contributed by atoms with van der Waals surface area (Å²) in [5.74, 6) is 0.993. The van der Waals surface area contributed by atoms with Crippen LogP contribution >= 0.6 is 27.3 Å². The average Bonchev–Trinajstić information content (AvgIpc) is 3.38. The molecule has 1 aromatic heterocycles. The first-order valence-electron chi connectivity index (χ1n) is 9.16. The van der Waals surface area contributed by atoms with Gasteiger partial charge in [-0.1, -0.05) is 35.9 Å². The van der Waals surface area contributed by atoms with Gasteiger partial charge in [0.1, 0.15) is 6.61 Å². The van der Waals surface area contributed by atoms with Crippen LogP contribution in [0.2, 0.25) is 0 Å². The van der Waals surface area contributed by atoms with E-state index in [1.54, 1.807) is 19.3 Å². The molecule has 0 spiro atoms. The number of hydrogen-bond donors (Lipinski definition) is 0. The maximum Gasteiger partial charge on any atom is 0.363 e. The van der Waals surface area contributed by atoms with Gasteiger partial charge in [0.2, 0.25) is 5.90 Å². The molecule has 152 valence electrons. The summed E-state index contributed by atoms with van der Waals surface area (Å²) in [6, 6.07) is 15.6. The molecule has 5 nitrogen and oxygen atoms in total. The number of carbonyl (C=O) groups is 1. The molecule has 0 amide bonds. The van der Waals surface area contributed by atoms with E-state index in [0.717, 1.165) is 20.5 Å². The molecule has 1 aliphatic rings. The second-order valence-corrected chi connectivity index (χ2v) is 8.42. The third-order valence-corrected chi connectivity index (χ3v) is 5.86. The number of rotatable bonds is 6. The molecule has 2 heterocycles. The van der Waals surface area contributed by atoms with Gasteiger partial charge >= 0.3 is 5.97 Å². The molecule has 0 fully saturated rings. The quantitative estimate of drug-likeness (QED) is 0.330. The van der Waals surface area contributed by atoms with Gasteiger partial charge in [-0.3, -0.25) is 0 Å². The summed E-state index contributed by atoms with van der Waals surface area (Å²) >= 11 is 5.01. The van der Waals surface area contributed by atoms with Gasteiger partial charge in [0, 0.05) is 0 Å². The normalized spacial score (nSPS) is 14.6. The Bertz CT molecular complexity index is 1130. The summed E-state index contributed by atoms with van der Waals surface area (Å²) < 4.78 is 17.5. The summed E-state index contributed by atoms with van der Waals surface area (Å²) in [6.07, 6.45) is 1.67. The molecular formula is C23H18BrNO4S. The third-order valence-electron chi connectivity index (χ3n) is 4.41. The summed E-state index contributed by atoms with van der Waals surface area (Å²) in [5, 5.41) is 1.91. The summed E-state index contributed by atoms with van der Waals surface area (Å²) in [6.45, 7) is 2.46. The Balaban J connectivity index is 1.58. The van der Waals surface area contributed by atoms with Crippen molar-refractivity contribution >= 4 is 45.2 Å². The molecule has 0 saturated carbocycles. The van der Waals surface area contributed by atoms with Gasteiger partial charge in [-0.2, -0.15) is 0 Å². The van der Waals surface area contributed by atoms with Crippen LogP contribution in [0.4, 0.5) is 0 Å². The molecule has 0 atom stereocenters. The van der Waals surface area contributed by atoms with Crippen molar-refractivity contribution < 1.29 is 19.0 Å². The summed E-state index contributed by atoms with van der Waals surface area (Å²) in [5.41, 5.74) is 3.24. The van der Waals surface area contributed by atoms with Crippen molar-refractivity contribution in [3.63, 3.8) is 0 Å². The highest BCUT2D eigenvalue weighted by atomic mass is 79.9. The van der Waals surface area contributed by atoms with Gasteiger partial charge in [0.25, 0.3) is 0 Å². The topological polar surface area (TPSA) is 57.1 Å². The Morgan fingerprint density at radius 2 is 2.00 bits per heavy atom. The first-order chi connectivity index (χ1) is 14.5. The maximum absolute atomic E-state index is 12.2. The van der Waals surface area contributed by atoms with E-state index in [0.29, 0.717) is 24.0 Å². The van der Waals surface area contributed by atoms with Crippen LogP contribution in [0.5, 0.6) is 11.5 Å². The first kappa shape index (κ1) is 20.4. The second-order valence-electron chi connectivity index (χ2n) is 6.62. The van der Waals surface area contributed by atoms with Gasteiger partial charge < -0.3 is 14.2 Å². The summed E-state index contributed by atoms with van der Waals surface area (Å²) in [7, 11) is 1.58. The highest BCUT2D eigenvalue weighted by Gasteiger charge is 2.25. The Hall–Kier alpha value is -2.90. The van der Waals surface area contributed by atoms with Crippen LogP contribution in [0, 0.1) is 6.92 Å². The molecule has 3 aromatic rings. The van der Waals surface area contributed by atoms with Crippen molar-refractivity contribution in [1.29, 1.82) is 0 Å². The highest BCUT2D eigenvalue weighted by Crippen LogP contribution is 2.38. The lowest BCUT2D eigenvalue weighted by Crippen LogP contribution is -2.03. The van der Waals surface area contributed by atoms with E-state index in [2.05, 4.69) is 20.9 Å². The number of methoxy groups -OCH3 is 1. The van der Waals surface area contributed by atoms with E-state index in [4.69, 9.17) is 14.2 Å². The fraction of sp³-hybridized carbons (Fsp3) is 0.130. The Morgan fingerprint density at radius 1 is 1.20 bits per heavy atom. The molecule has 0 saturated heterocycles. The minimum absolute atomic E-state index is 0.237. The molecule has 0 N–H and O–H groups in total. The van der Waals surface area contributed by atoms with Gasteiger partial charge in [0.05, 0.1) is 16.5 Å². The van der Waals surface area contributed by atoms with Gasteiger partial charge in [-0.15, -0.1) is 11.3 Å². The predicted octanol–water partition coefficient (Wildman–Crippen LogP) is 5.75. The van der Waals surface area contributed by atoms with Gasteiger partial charge in [-0.25, -0.2) is 9.79 Å². The fourth-order valence-electron chi connectivity index (χ4n) is 2.88. The molecule has 4 rings (SSSR count). The first-order valence-corrected chi connectivity index (χ1v) is 10.8. The Labute approximate surface area is 186 Å². The van der Waals surface area contributed by atoms with E-state index >= 15 is 0 Å². The van der Waals surface area contributed by atoms with E-state index in [9.17, 15) is 4.79 Å². The molecule has 30 heavy (non-hydrogen) atoms. The average molecular weight is 484 g/mol. The van der Waals surface area contributed by atoms with Crippen molar-refractivity contribution in [1.82, 2.24) is 0 Å². The summed E-state index contributed by atoms with van der Waals surface area (Å²) in [4.78, 5) is 17.3. The zero-order valence-electron chi connectivity index (χ0n) is 16.3. The van der Waals surface area contributed by atoms with Crippen molar-refractivity contribution in [3.8, 4) is 11.5 Å². The zero-order valence-corrected chi connectivity index (χ0v) is 18.7. The predicted molar refractivity (Wildman–Crippen MR) is 121 cm³/mol. The molecule has 0 aliphatic carbocycles. The number of ether oxygens (including phenoxy) is 3. The highest BCUT2D eigenvalue weighted by molar-refractivity contribution is 9.10. The lowest BCUT2D eigenvalue weighted by atomic mass is 10.1. The number of benzene rings is 2. The minimum atomic E-state index is -0.479. The van der Waals surface area contributed by atoms with E-state index in [-0.39, 0.29) is 5.70 Å². The number of nitrogens with zero attached hydrogens (tertiary/aromatic N) is 1. The van der Waals surface area contributed by atoms with E-state index < -0.39 is 5.97 Å². The van der Waals surface area contributed by atoms with Gasteiger partial charge in [-0.05, 0) is 63.6 Å².